The normalized spacial score (nSPS) is 19.6. The summed E-state index contributed by atoms with van der Waals surface area (Å²) < 4.78 is 13.7. The molecule has 0 radical (unpaired) electrons. The van der Waals surface area contributed by atoms with Gasteiger partial charge in [0, 0.05) is 19.7 Å². The number of carbonyl (C=O) groups is 2. The highest BCUT2D eigenvalue weighted by Crippen LogP contribution is 2.38. The van der Waals surface area contributed by atoms with E-state index in [-0.39, 0.29) is 23.2 Å². The predicted molar refractivity (Wildman–Crippen MR) is 118 cm³/mol. The summed E-state index contributed by atoms with van der Waals surface area (Å²) in [5.41, 5.74) is 3.54. The summed E-state index contributed by atoms with van der Waals surface area (Å²) in [7, 11) is 0. The van der Waals surface area contributed by atoms with Crippen LogP contribution in [0.3, 0.4) is 0 Å². The highest BCUT2D eigenvalue weighted by Gasteiger charge is 2.43. The van der Waals surface area contributed by atoms with Crippen LogP contribution in [0.1, 0.15) is 29.5 Å². The molecule has 2 amide bonds. The third-order valence-electron chi connectivity index (χ3n) is 5.97. The third-order valence-corrected chi connectivity index (χ3v) is 6.26. The van der Waals surface area contributed by atoms with E-state index in [2.05, 4.69) is 0 Å². The van der Waals surface area contributed by atoms with Crippen molar-refractivity contribution >= 4 is 34.7 Å². The number of aryl methyl sites for hydroxylation is 2. The highest BCUT2D eigenvalue weighted by molar-refractivity contribution is 6.45. The van der Waals surface area contributed by atoms with E-state index in [1.807, 2.05) is 36.9 Å². The van der Waals surface area contributed by atoms with Crippen LogP contribution >= 0.6 is 11.6 Å². The van der Waals surface area contributed by atoms with E-state index in [4.69, 9.17) is 11.6 Å². The average molecular weight is 443 g/mol. The standard InChI is InChI=1S/C24H24ClFN2O3/c1-14-5-7-18(15(2)10-14)21-22(27-9-3-4-16(12-27)13-29)24(31)28(23(21)30)17-6-8-20(26)19(25)11-17/h5-8,10-11,16,29H,3-4,9,12-13H2,1-2H3. The second-order valence-corrected chi connectivity index (χ2v) is 8.63. The van der Waals surface area contributed by atoms with Crippen molar-refractivity contribution in [3.8, 4) is 0 Å². The molecular formula is C24H24ClFN2O3. The first-order valence-electron chi connectivity index (χ1n) is 10.3. The Bertz CT molecular complexity index is 1100. The Labute approximate surface area is 185 Å². The summed E-state index contributed by atoms with van der Waals surface area (Å²) >= 11 is 5.93. The molecule has 2 aliphatic heterocycles. The minimum atomic E-state index is -0.617. The molecule has 4 rings (SSSR count). The molecule has 1 atom stereocenters. The van der Waals surface area contributed by atoms with Crippen LogP contribution in [0.15, 0.2) is 42.1 Å². The van der Waals surface area contributed by atoms with Gasteiger partial charge in [0.15, 0.2) is 0 Å². The van der Waals surface area contributed by atoms with E-state index < -0.39 is 17.6 Å². The molecule has 0 aliphatic carbocycles. The SMILES string of the molecule is Cc1ccc(C2=C(N3CCCC(CO)C3)C(=O)N(c3ccc(F)c(Cl)c3)C2=O)c(C)c1. The number of nitrogens with zero attached hydrogens (tertiary/aromatic N) is 2. The summed E-state index contributed by atoms with van der Waals surface area (Å²) in [5.74, 6) is -1.49. The molecule has 1 unspecified atom stereocenters. The van der Waals surface area contributed by atoms with Gasteiger partial charge in [0.1, 0.15) is 11.5 Å². The number of aliphatic hydroxyl groups excluding tert-OH is 1. The molecule has 2 aromatic rings. The van der Waals surface area contributed by atoms with E-state index in [0.717, 1.165) is 34.9 Å². The van der Waals surface area contributed by atoms with Gasteiger partial charge in [-0.05, 0) is 61.9 Å². The largest absolute Gasteiger partial charge is 0.396 e. The summed E-state index contributed by atoms with van der Waals surface area (Å²) in [6, 6.07) is 9.57. The minimum absolute atomic E-state index is 0.0299. The second-order valence-electron chi connectivity index (χ2n) is 8.22. The molecule has 1 saturated heterocycles. The molecule has 0 spiro atoms. The lowest BCUT2D eigenvalue weighted by Crippen LogP contribution is -2.40. The molecule has 0 aromatic heterocycles. The zero-order valence-corrected chi connectivity index (χ0v) is 18.2. The number of hydrogen-bond donors (Lipinski definition) is 1. The highest BCUT2D eigenvalue weighted by atomic mass is 35.5. The van der Waals surface area contributed by atoms with E-state index in [9.17, 15) is 19.1 Å². The number of likely N-dealkylation sites (tertiary alicyclic amines) is 1. The summed E-state index contributed by atoms with van der Waals surface area (Å²) in [5, 5.41) is 9.50. The van der Waals surface area contributed by atoms with E-state index in [1.54, 1.807) is 0 Å². The summed E-state index contributed by atoms with van der Waals surface area (Å²) in [6.07, 6.45) is 1.69. The van der Waals surface area contributed by atoms with Gasteiger partial charge in [0.2, 0.25) is 0 Å². The number of hydrogen-bond acceptors (Lipinski definition) is 4. The smallest absolute Gasteiger partial charge is 0.282 e. The van der Waals surface area contributed by atoms with E-state index in [1.165, 1.54) is 12.1 Å². The van der Waals surface area contributed by atoms with Crippen molar-refractivity contribution in [2.24, 2.45) is 5.92 Å². The van der Waals surface area contributed by atoms with Crippen molar-refractivity contribution in [3.05, 3.63) is 69.6 Å². The Balaban J connectivity index is 1.85. The van der Waals surface area contributed by atoms with Gasteiger partial charge in [-0.15, -0.1) is 0 Å². The van der Waals surface area contributed by atoms with Gasteiger partial charge in [-0.25, -0.2) is 9.29 Å². The van der Waals surface area contributed by atoms with Crippen molar-refractivity contribution in [1.82, 2.24) is 4.90 Å². The first-order chi connectivity index (χ1) is 14.8. The molecule has 0 bridgehead atoms. The number of halogens is 2. The number of aliphatic hydroxyl groups is 1. The lowest BCUT2D eigenvalue weighted by Gasteiger charge is -2.34. The number of amides is 2. The Morgan fingerprint density at radius 3 is 2.58 bits per heavy atom. The zero-order chi connectivity index (χ0) is 22.3. The number of benzene rings is 2. The van der Waals surface area contributed by atoms with Crippen molar-refractivity contribution in [1.29, 1.82) is 0 Å². The number of rotatable bonds is 4. The van der Waals surface area contributed by atoms with Gasteiger partial charge in [-0.2, -0.15) is 0 Å². The molecule has 2 aliphatic rings. The van der Waals surface area contributed by atoms with Crippen molar-refractivity contribution in [3.63, 3.8) is 0 Å². The number of anilines is 1. The average Bonchev–Trinajstić information content (AvgIpc) is 3.00. The monoisotopic (exact) mass is 442 g/mol. The maximum Gasteiger partial charge on any atom is 0.282 e. The van der Waals surface area contributed by atoms with Gasteiger partial charge < -0.3 is 10.0 Å². The maximum atomic E-state index is 13.7. The first kappa shape index (κ1) is 21.5. The molecule has 2 heterocycles. The van der Waals surface area contributed by atoms with Crippen molar-refractivity contribution in [2.75, 3.05) is 24.6 Å². The van der Waals surface area contributed by atoms with Crippen molar-refractivity contribution in [2.45, 2.75) is 26.7 Å². The molecule has 5 nitrogen and oxygen atoms in total. The van der Waals surface area contributed by atoms with Gasteiger partial charge in [-0.1, -0.05) is 35.4 Å². The topological polar surface area (TPSA) is 60.9 Å². The van der Waals surface area contributed by atoms with Gasteiger partial charge in [0.05, 0.1) is 16.3 Å². The molecule has 162 valence electrons. The van der Waals surface area contributed by atoms with Crippen molar-refractivity contribution < 1.29 is 19.1 Å². The fourth-order valence-electron chi connectivity index (χ4n) is 4.42. The minimum Gasteiger partial charge on any atom is -0.396 e. The molecule has 0 saturated carbocycles. The quantitative estimate of drug-likeness (QED) is 0.725. The van der Waals surface area contributed by atoms with Crippen LogP contribution in [0.25, 0.3) is 5.57 Å². The Morgan fingerprint density at radius 1 is 1.13 bits per heavy atom. The molecule has 31 heavy (non-hydrogen) atoms. The zero-order valence-electron chi connectivity index (χ0n) is 17.5. The lowest BCUT2D eigenvalue weighted by atomic mass is 9.95. The molecular weight excluding hydrogens is 419 g/mol. The van der Waals surface area contributed by atoms with Crippen LogP contribution in [-0.4, -0.2) is 41.5 Å². The van der Waals surface area contributed by atoms with Gasteiger partial charge in [0.25, 0.3) is 11.8 Å². The van der Waals surface area contributed by atoms with E-state index >= 15 is 0 Å². The van der Waals surface area contributed by atoms with Gasteiger partial charge >= 0.3 is 0 Å². The number of piperidine rings is 1. The van der Waals surface area contributed by atoms with Crippen LogP contribution in [0.4, 0.5) is 10.1 Å². The molecule has 1 fully saturated rings. The first-order valence-corrected chi connectivity index (χ1v) is 10.7. The Hall–Kier alpha value is -2.70. The molecule has 1 N–H and O–H groups in total. The van der Waals surface area contributed by atoms with E-state index in [0.29, 0.717) is 29.9 Å². The lowest BCUT2D eigenvalue weighted by molar-refractivity contribution is -0.120. The molecule has 2 aromatic carbocycles. The van der Waals surface area contributed by atoms with Gasteiger partial charge in [-0.3, -0.25) is 9.59 Å². The van der Waals surface area contributed by atoms with Crippen LogP contribution in [0.2, 0.25) is 5.02 Å². The van der Waals surface area contributed by atoms with Crippen LogP contribution in [0, 0.1) is 25.6 Å². The molecule has 7 heteroatoms. The van der Waals surface area contributed by atoms with Crippen LogP contribution < -0.4 is 4.90 Å². The number of carbonyl (C=O) groups excluding carboxylic acids is 2. The van der Waals surface area contributed by atoms with Crippen LogP contribution in [-0.2, 0) is 9.59 Å². The Kier molecular flexibility index (Phi) is 5.86. The fourth-order valence-corrected chi connectivity index (χ4v) is 4.60. The second kappa shape index (κ2) is 8.44. The number of imide groups is 1. The van der Waals surface area contributed by atoms with Crippen LogP contribution in [0.5, 0.6) is 0 Å². The third kappa shape index (κ3) is 3.86. The summed E-state index contributed by atoms with van der Waals surface area (Å²) in [6.45, 7) is 5.03. The summed E-state index contributed by atoms with van der Waals surface area (Å²) in [4.78, 5) is 30.1. The maximum absolute atomic E-state index is 13.7. The Morgan fingerprint density at radius 2 is 1.90 bits per heavy atom. The predicted octanol–water partition coefficient (Wildman–Crippen LogP) is 4.08. The fraction of sp³-hybridized carbons (Fsp3) is 0.333.